The zero-order chi connectivity index (χ0) is 12.3. The van der Waals surface area contributed by atoms with Crippen molar-refractivity contribution in [1.29, 1.82) is 0 Å². The van der Waals surface area contributed by atoms with Crippen LogP contribution in [0.2, 0.25) is 5.02 Å². The highest BCUT2D eigenvalue weighted by Gasteiger charge is 2.23. The Balaban J connectivity index is 2.13. The van der Waals surface area contributed by atoms with E-state index in [1.165, 1.54) is 23.7 Å². The number of hydrogen-bond acceptors (Lipinski definition) is 4. The molecule has 1 aromatic rings. The Morgan fingerprint density at radius 2 is 2.29 bits per heavy atom. The molecule has 2 N–H and O–H groups in total. The van der Waals surface area contributed by atoms with Gasteiger partial charge in [-0.05, 0) is 25.8 Å². The number of nitrogens with zero attached hydrogens (tertiary/aromatic N) is 2. The summed E-state index contributed by atoms with van der Waals surface area (Å²) in [7, 11) is 1.86. The second-order valence-electron chi connectivity index (χ2n) is 4.33. The number of hydrogen-bond donors (Lipinski definition) is 2. The van der Waals surface area contributed by atoms with Crippen LogP contribution < -0.4 is 16.2 Å². The van der Waals surface area contributed by atoms with Crippen molar-refractivity contribution in [2.45, 2.75) is 19.4 Å². The minimum absolute atomic E-state index is 0.125. The number of aromatic nitrogens is 2. The fraction of sp³-hybridized carbons (Fsp3) is 0.636. The van der Waals surface area contributed by atoms with Gasteiger partial charge in [-0.15, -0.1) is 0 Å². The standard InChI is InChI=1S/C11H17ClN4O/c1-13-4-5-14-10-9(12)6-15-16(11(10)17)7-8-2-3-8/h6,8,13-14H,2-5,7H2,1H3. The lowest BCUT2D eigenvalue weighted by Crippen LogP contribution is -2.28. The van der Waals surface area contributed by atoms with Crippen LogP contribution in [0.5, 0.6) is 0 Å². The van der Waals surface area contributed by atoms with Crippen molar-refractivity contribution in [2.75, 3.05) is 25.5 Å². The summed E-state index contributed by atoms with van der Waals surface area (Å²) in [5.41, 5.74) is 0.332. The molecule has 6 heteroatoms. The lowest BCUT2D eigenvalue weighted by atomic mass is 10.4. The molecule has 5 nitrogen and oxygen atoms in total. The first-order valence-corrected chi connectivity index (χ1v) is 6.24. The van der Waals surface area contributed by atoms with E-state index in [1.807, 2.05) is 7.05 Å². The molecule has 1 aliphatic carbocycles. The van der Waals surface area contributed by atoms with Gasteiger partial charge in [0.15, 0.2) is 0 Å². The Bertz CT molecular complexity index is 442. The first kappa shape index (κ1) is 12.4. The Kier molecular flexibility index (Phi) is 4.02. The number of likely N-dealkylation sites (N-methyl/N-ethyl adjacent to an activating group) is 1. The van der Waals surface area contributed by atoms with Crippen molar-refractivity contribution in [3.8, 4) is 0 Å². The molecular weight excluding hydrogens is 240 g/mol. The van der Waals surface area contributed by atoms with Gasteiger partial charge in [0.1, 0.15) is 5.69 Å². The van der Waals surface area contributed by atoms with Crippen molar-refractivity contribution in [2.24, 2.45) is 5.92 Å². The third-order valence-electron chi connectivity index (χ3n) is 2.80. The van der Waals surface area contributed by atoms with Crippen LogP contribution >= 0.6 is 11.6 Å². The molecule has 0 atom stereocenters. The van der Waals surface area contributed by atoms with E-state index >= 15 is 0 Å². The molecule has 0 saturated heterocycles. The summed E-state index contributed by atoms with van der Waals surface area (Å²) in [5, 5.41) is 10.5. The SMILES string of the molecule is CNCCNc1c(Cl)cnn(CC2CC2)c1=O. The second kappa shape index (κ2) is 5.51. The van der Waals surface area contributed by atoms with Gasteiger partial charge in [0.25, 0.3) is 5.56 Å². The second-order valence-corrected chi connectivity index (χ2v) is 4.74. The maximum Gasteiger partial charge on any atom is 0.291 e. The van der Waals surface area contributed by atoms with Gasteiger partial charge in [0.2, 0.25) is 0 Å². The normalized spacial score (nSPS) is 14.9. The summed E-state index contributed by atoms with van der Waals surface area (Å²) >= 11 is 5.97. The van der Waals surface area contributed by atoms with E-state index in [2.05, 4.69) is 15.7 Å². The van der Waals surface area contributed by atoms with E-state index in [-0.39, 0.29) is 5.56 Å². The highest BCUT2D eigenvalue weighted by atomic mass is 35.5. The molecule has 1 fully saturated rings. The number of rotatable bonds is 6. The highest BCUT2D eigenvalue weighted by molar-refractivity contribution is 6.32. The van der Waals surface area contributed by atoms with Crippen LogP contribution in [0.1, 0.15) is 12.8 Å². The predicted octanol–water partition coefficient (Wildman–Crippen LogP) is 0.938. The molecule has 1 saturated carbocycles. The molecule has 1 heterocycles. The van der Waals surface area contributed by atoms with Crippen LogP contribution in [-0.4, -0.2) is 29.9 Å². The molecule has 0 spiro atoms. The lowest BCUT2D eigenvalue weighted by Gasteiger charge is -2.10. The molecule has 0 aromatic carbocycles. The largest absolute Gasteiger partial charge is 0.378 e. The van der Waals surface area contributed by atoms with Crippen molar-refractivity contribution in [3.63, 3.8) is 0 Å². The fourth-order valence-corrected chi connectivity index (χ4v) is 1.81. The van der Waals surface area contributed by atoms with Gasteiger partial charge in [-0.3, -0.25) is 4.79 Å². The summed E-state index contributed by atoms with van der Waals surface area (Å²) in [5.74, 6) is 0.617. The molecule has 1 aliphatic rings. The quantitative estimate of drug-likeness (QED) is 0.744. The third kappa shape index (κ3) is 3.20. The van der Waals surface area contributed by atoms with Crippen LogP contribution in [0, 0.1) is 5.92 Å². The third-order valence-corrected chi connectivity index (χ3v) is 3.09. The Labute approximate surface area is 105 Å². The van der Waals surface area contributed by atoms with E-state index in [0.29, 0.717) is 29.7 Å². The maximum absolute atomic E-state index is 12.1. The smallest absolute Gasteiger partial charge is 0.291 e. The van der Waals surface area contributed by atoms with Gasteiger partial charge in [0, 0.05) is 19.6 Å². The summed E-state index contributed by atoms with van der Waals surface area (Å²) in [4.78, 5) is 12.1. The van der Waals surface area contributed by atoms with Gasteiger partial charge in [-0.2, -0.15) is 5.10 Å². The number of halogens is 1. The van der Waals surface area contributed by atoms with Crippen LogP contribution in [0.25, 0.3) is 0 Å². The topological polar surface area (TPSA) is 59.0 Å². The van der Waals surface area contributed by atoms with Crippen molar-refractivity contribution < 1.29 is 0 Å². The van der Waals surface area contributed by atoms with E-state index in [1.54, 1.807) is 0 Å². The molecule has 94 valence electrons. The summed E-state index contributed by atoms with van der Waals surface area (Å²) in [6.07, 6.45) is 3.92. The number of nitrogens with one attached hydrogen (secondary N) is 2. The monoisotopic (exact) mass is 256 g/mol. The van der Waals surface area contributed by atoms with E-state index < -0.39 is 0 Å². The van der Waals surface area contributed by atoms with Crippen molar-refractivity contribution in [1.82, 2.24) is 15.1 Å². The molecule has 0 amide bonds. The van der Waals surface area contributed by atoms with Gasteiger partial charge >= 0.3 is 0 Å². The van der Waals surface area contributed by atoms with E-state index in [9.17, 15) is 4.79 Å². The first-order valence-electron chi connectivity index (χ1n) is 5.86. The first-order chi connectivity index (χ1) is 8.22. The predicted molar refractivity (Wildman–Crippen MR) is 68.6 cm³/mol. The van der Waals surface area contributed by atoms with Crippen molar-refractivity contribution >= 4 is 17.3 Å². The zero-order valence-corrected chi connectivity index (χ0v) is 10.6. The average molecular weight is 257 g/mol. The fourth-order valence-electron chi connectivity index (χ4n) is 1.62. The molecule has 0 unspecified atom stereocenters. The van der Waals surface area contributed by atoms with Crippen LogP contribution in [0.3, 0.4) is 0 Å². The lowest BCUT2D eigenvalue weighted by molar-refractivity contribution is 0.534. The van der Waals surface area contributed by atoms with Crippen LogP contribution in [-0.2, 0) is 6.54 Å². The summed E-state index contributed by atoms with van der Waals surface area (Å²) in [6, 6.07) is 0. The molecule has 0 aliphatic heterocycles. The van der Waals surface area contributed by atoms with Crippen LogP contribution in [0.15, 0.2) is 11.0 Å². The van der Waals surface area contributed by atoms with Gasteiger partial charge in [-0.1, -0.05) is 11.6 Å². The Hall–Kier alpha value is -1.07. The minimum atomic E-state index is -0.125. The molecule has 1 aromatic heterocycles. The molecule has 0 radical (unpaired) electrons. The molecule has 17 heavy (non-hydrogen) atoms. The van der Waals surface area contributed by atoms with Gasteiger partial charge < -0.3 is 10.6 Å². The maximum atomic E-state index is 12.1. The minimum Gasteiger partial charge on any atom is -0.378 e. The Morgan fingerprint density at radius 3 is 2.94 bits per heavy atom. The van der Waals surface area contributed by atoms with E-state index in [0.717, 1.165) is 6.54 Å². The summed E-state index contributed by atoms with van der Waals surface area (Å²) < 4.78 is 1.51. The van der Waals surface area contributed by atoms with Gasteiger partial charge in [0.05, 0.1) is 11.2 Å². The molecule has 2 rings (SSSR count). The highest BCUT2D eigenvalue weighted by Crippen LogP contribution is 2.30. The van der Waals surface area contributed by atoms with Gasteiger partial charge in [-0.25, -0.2) is 4.68 Å². The van der Waals surface area contributed by atoms with E-state index in [4.69, 9.17) is 11.6 Å². The molecular formula is C11H17ClN4O. The average Bonchev–Trinajstić information content (AvgIpc) is 3.11. The van der Waals surface area contributed by atoms with Crippen LogP contribution in [0.4, 0.5) is 5.69 Å². The van der Waals surface area contributed by atoms with Crippen molar-refractivity contribution in [3.05, 3.63) is 21.6 Å². The summed E-state index contributed by atoms with van der Waals surface area (Å²) in [6.45, 7) is 2.15. The number of anilines is 1. The Morgan fingerprint density at radius 1 is 1.53 bits per heavy atom. The zero-order valence-electron chi connectivity index (χ0n) is 9.87. The molecule has 0 bridgehead atoms.